The summed E-state index contributed by atoms with van der Waals surface area (Å²) >= 11 is 0. The van der Waals surface area contributed by atoms with E-state index in [1.54, 1.807) is 0 Å². The Morgan fingerprint density at radius 2 is 1.90 bits per heavy atom. The number of aromatic nitrogens is 2. The van der Waals surface area contributed by atoms with Gasteiger partial charge in [-0.1, -0.05) is 4.98 Å². The maximum Gasteiger partial charge on any atom is 0.295 e. The first-order chi connectivity index (χ1) is 4.63. The van der Waals surface area contributed by atoms with Crippen LogP contribution in [0.15, 0.2) is 6.20 Å². The monoisotopic (exact) mass is 137 g/mol. The lowest BCUT2D eigenvalue weighted by atomic mass is 10.3. The van der Waals surface area contributed by atoms with Crippen molar-refractivity contribution in [2.24, 2.45) is 7.05 Å². The molecule has 1 aromatic heterocycles. The van der Waals surface area contributed by atoms with Crippen LogP contribution in [0.2, 0.25) is 0 Å². The van der Waals surface area contributed by atoms with Crippen molar-refractivity contribution in [1.29, 1.82) is 0 Å². The third-order valence-electron chi connectivity index (χ3n) is 2.00. The van der Waals surface area contributed by atoms with Crippen molar-refractivity contribution in [1.82, 2.24) is 4.98 Å². The van der Waals surface area contributed by atoms with Gasteiger partial charge in [0, 0.05) is 12.5 Å². The van der Waals surface area contributed by atoms with Crippen molar-refractivity contribution in [2.45, 2.75) is 20.8 Å². The molecule has 0 amide bonds. The summed E-state index contributed by atoms with van der Waals surface area (Å²) in [5.41, 5.74) is 2.53. The van der Waals surface area contributed by atoms with E-state index in [4.69, 9.17) is 0 Å². The number of aryl methyl sites for hydroxylation is 2. The quantitative estimate of drug-likeness (QED) is 0.484. The summed E-state index contributed by atoms with van der Waals surface area (Å²) in [5.74, 6) is 1.06. The molecule has 0 spiro atoms. The maximum absolute atomic E-state index is 4.20. The second-order valence-corrected chi connectivity index (χ2v) is 2.63. The van der Waals surface area contributed by atoms with Crippen LogP contribution in [0.4, 0.5) is 0 Å². The standard InChI is InChI=1S/C8H13N2/c1-6-5-9-8(3)10(4)7(6)2/h5H,1-4H3/q+1. The third kappa shape index (κ3) is 1.01. The van der Waals surface area contributed by atoms with E-state index >= 15 is 0 Å². The highest BCUT2D eigenvalue weighted by atomic mass is 15.0. The molecule has 0 N–H and O–H groups in total. The number of hydrogen-bond donors (Lipinski definition) is 0. The Bertz CT molecular complexity index is 227. The fraction of sp³-hybridized carbons (Fsp3) is 0.500. The lowest BCUT2D eigenvalue weighted by Crippen LogP contribution is -2.37. The fourth-order valence-corrected chi connectivity index (χ4v) is 0.877. The molecular formula is C8H13N2+. The van der Waals surface area contributed by atoms with Gasteiger partial charge >= 0.3 is 0 Å². The highest BCUT2D eigenvalue weighted by Crippen LogP contribution is 1.97. The molecule has 0 atom stereocenters. The molecule has 0 bridgehead atoms. The van der Waals surface area contributed by atoms with Gasteiger partial charge in [-0.3, -0.25) is 0 Å². The first-order valence-corrected chi connectivity index (χ1v) is 3.41. The van der Waals surface area contributed by atoms with Crippen LogP contribution >= 0.6 is 0 Å². The molecule has 0 saturated heterocycles. The molecule has 0 radical (unpaired) electrons. The Hall–Kier alpha value is -0.920. The Balaban J connectivity index is 3.34. The van der Waals surface area contributed by atoms with Gasteiger partial charge in [0.2, 0.25) is 0 Å². The zero-order valence-electron chi connectivity index (χ0n) is 6.97. The topological polar surface area (TPSA) is 16.8 Å². The van der Waals surface area contributed by atoms with Crippen molar-refractivity contribution in [3.8, 4) is 0 Å². The summed E-state index contributed by atoms with van der Waals surface area (Å²) in [7, 11) is 2.03. The highest BCUT2D eigenvalue weighted by molar-refractivity contribution is 5.07. The summed E-state index contributed by atoms with van der Waals surface area (Å²) in [6.07, 6.45) is 1.91. The smallest absolute Gasteiger partial charge is 0.235 e. The van der Waals surface area contributed by atoms with E-state index in [0.29, 0.717) is 0 Å². The summed E-state index contributed by atoms with van der Waals surface area (Å²) in [4.78, 5) is 4.20. The second-order valence-electron chi connectivity index (χ2n) is 2.63. The molecule has 2 nitrogen and oxygen atoms in total. The van der Waals surface area contributed by atoms with Crippen LogP contribution in [0.25, 0.3) is 0 Å². The van der Waals surface area contributed by atoms with Crippen LogP contribution in [-0.4, -0.2) is 4.98 Å². The van der Waals surface area contributed by atoms with Crippen molar-refractivity contribution >= 4 is 0 Å². The van der Waals surface area contributed by atoms with Crippen LogP contribution in [0.5, 0.6) is 0 Å². The van der Waals surface area contributed by atoms with Crippen molar-refractivity contribution in [3.05, 3.63) is 23.3 Å². The van der Waals surface area contributed by atoms with Crippen LogP contribution in [-0.2, 0) is 7.05 Å². The van der Waals surface area contributed by atoms with Gasteiger partial charge in [0.15, 0.2) is 0 Å². The molecule has 0 aliphatic rings. The Labute approximate surface area is 61.5 Å². The zero-order valence-corrected chi connectivity index (χ0v) is 6.97. The third-order valence-corrected chi connectivity index (χ3v) is 2.00. The molecule has 54 valence electrons. The number of hydrogen-bond acceptors (Lipinski definition) is 1. The highest BCUT2D eigenvalue weighted by Gasteiger charge is 2.06. The van der Waals surface area contributed by atoms with E-state index in [1.165, 1.54) is 11.3 Å². The van der Waals surface area contributed by atoms with Crippen molar-refractivity contribution in [3.63, 3.8) is 0 Å². The molecule has 0 unspecified atom stereocenters. The Morgan fingerprint density at radius 3 is 2.40 bits per heavy atom. The molecule has 0 aromatic carbocycles. The molecule has 1 rings (SSSR count). The first-order valence-electron chi connectivity index (χ1n) is 3.41. The van der Waals surface area contributed by atoms with Crippen LogP contribution in [0.3, 0.4) is 0 Å². The molecule has 0 saturated carbocycles. The van der Waals surface area contributed by atoms with Crippen molar-refractivity contribution in [2.75, 3.05) is 0 Å². The molecule has 1 heterocycles. The van der Waals surface area contributed by atoms with E-state index in [9.17, 15) is 0 Å². The van der Waals surface area contributed by atoms with E-state index in [2.05, 4.69) is 23.4 Å². The molecule has 0 aliphatic heterocycles. The molecular weight excluding hydrogens is 124 g/mol. The average Bonchev–Trinajstić information content (AvgIpc) is 1.93. The lowest BCUT2D eigenvalue weighted by Gasteiger charge is -1.99. The fourth-order valence-electron chi connectivity index (χ4n) is 0.877. The van der Waals surface area contributed by atoms with Crippen LogP contribution in [0, 0.1) is 20.8 Å². The summed E-state index contributed by atoms with van der Waals surface area (Å²) in [5, 5.41) is 0. The number of nitrogens with zero attached hydrogens (tertiary/aromatic N) is 2. The SMILES string of the molecule is Cc1cnc(C)[n+](C)c1C. The predicted octanol–water partition coefficient (Wildman–Crippen LogP) is 0.831. The van der Waals surface area contributed by atoms with Crippen molar-refractivity contribution < 1.29 is 4.57 Å². The van der Waals surface area contributed by atoms with E-state index < -0.39 is 0 Å². The van der Waals surface area contributed by atoms with Gasteiger partial charge in [-0.15, -0.1) is 0 Å². The molecule has 1 aromatic rings. The first kappa shape index (κ1) is 7.19. The molecule has 2 heteroatoms. The van der Waals surface area contributed by atoms with Gasteiger partial charge in [-0.25, -0.2) is 4.57 Å². The van der Waals surface area contributed by atoms with Gasteiger partial charge in [-0.05, 0) is 13.8 Å². The van der Waals surface area contributed by atoms with Gasteiger partial charge < -0.3 is 0 Å². The normalized spacial score (nSPS) is 10.0. The van der Waals surface area contributed by atoms with Gasteiger partial charge in [0.05, 0.1) is 7.05 Å². The van der Waals surface area contributed by atoms with Crippen LogP contribution in [0.1, 0.15) is 17.1 Å². The Kier molecular flexibility index (Phi) is 1.70. The summed E-state index contributed by atoms with van der Waals surface area (Å²) in [6, 6.07) is 0. The molecule has 0 aliphatic carbocycles. The van der Waals surface area contributed by atoms with Gasteiger partial charge in [0.1, 0.15) is 11.9 Å². The average molecular weight is 137 g/mol. The largest absolute Gasteiger partial charge is 0.295 e. The minimum absolute atomic E-state index is 1.06. The predicted molar refractivity (Wildman–Crippen MR) is 39.6 cm³/mol. The summed E-state index contributed by atoms with van der Waals surface area (Å²) in [6.45, 7) is 6.18. The lowest BCUT2D eigenvalue weighted by molar-refractivity contribution is -0.687. The maximum atomic E-state index is 4.20. The van der Waals surface area contributed by atoms with E-state index in [-0.39, 0.29) is 0 Å². The second kappa shape index (κ2) is 2.37. The Morgan fingerprint density at radius 1 is 1.30 bits per heavy atom. The molecule has 0 fully saturated rings. The zero-order chi connectivity index (χ0) is 7.72. The van der Waals surface area contributed by atoms with Crippen LogP contribution < -0.4 is 4.57 Å². The van der Waals surface area contributed by atoms with Gasteiger partial charge in [-0.2, -0.15) is 0 Å². The number of rotatable bonds is 0. The van der Waals surface area contributed by atoms with E-state index in [1.807, 2.05) is 20.2 Å². The van der Waals surface area contributed by atoms with E-state index in [0.717, 1.165) is 5.82 Å². The minimum Gasteiger partial charge on any atom is -0.235 e. The summed E-state index contributed by atoms with van der Waals surface area (Å²) < 4.78 is 2.09. The minimum atomic E-state index is 1.06. The molecule has 10 heavy (non-hydrogen) atoms. The van der Waals surface area contributed by atoms with Gasteiger partial charge in [0.25, 0.3) is 5.82 Å².